The molecule has 0 radical (unpaired) electrons. The Hall–Kier alpha value is -5.18. The monoisotopic (exact) mass is 544 g/mol. The second-order valence-corrected chi connectivity index (χ2v) is 10.3. The maximum absolute atomic E-state index is 14.1. The fourth-order valence-electron chi connectivity index (χ4n) is 5.71. The number of imidazole rings is 1. The van der Waals surface area contributed by atoms with Crippen LogP contribution in [0.4, 0.5) is 0 Å². The third-order valence-electron chi connectivity index (χ3n) is 7.84. The Bertz CT molecular complexity index is 1930. The van der Waals surface area contributed by atoms with Gasteiger partial charge in [-0.3, -0.25) is 9.36 Å². The number of H-pyrrole nitrogens is 1. The minimum absolute atomic E-state index is 0.0180. The number of fused-ring (bicyclic) bond motifs is 2. The van der Waals surface area contributed by atoms with Gasteiger partial charge in [0.05, 0.1) is 29.5 Å². The van der Waals surface area contributed by atoms with Crippen molar-refractivity contribution in [2.45, 2.75) is 18.9 Å². The van der Waals surface area contributed by atoms with Crippen LogP contribution in [-0.2, 0) is 0 Å². The van der Waals surface area contributed by atoms with E-state index in [1.807, 2.05) is 100 Å². The summed E-state index contributed by atoms with van der Waals surface area (Å²) in [7, 11) is 1.63. The minimum Gasteiger partial charge on any atom is -0.497 e. The van der Waals surface area contributed by atoms with Crippen molar-refractivity contribution in [3.05, 3.63) is 107 Å². The van der Waals surface area contributed by atoms with Crippen LogP contribution in [0.1, 0.15) is 29.4 Å². The highest BCUT2D eigenvalue weighted by molar-refractivity contribution is 5.94. The molecule has 41 heavy (non-hydrogen) atoms. The molecule has 204 valence electrons. The highest BCUT2D eigenvalue weighted by atomic mass is 16.5. The molecule has 9 heteroatoms. The van der Waals surface area contributed by atoms with E-state index >= 15 is 0 Å². The molecule has 1 aliphatic rings. The molecule has 0 saturated carbocycles. The molecule has 1 amide bonds. The van der Waals surface area contributed by atoms with Crippen LogP contribution in [0.2, 0.25) is 0 Å². The van der Waals surface area contributed by atoms with Crippen LogP contribution >= 0.6 is 0 Å². The summed E-state index contributed by atoms with van der Waals surface area (Å²) in [5, 5.41) is 4.80. The van der Waals surface area contributed by atoms with E-state index in [-0.39, 0.29) is 17.6 Å². The molecule has 0 bridgehead atoms. The van der Waals surface area contributed by atoms with Gasteiger partial charge in [-0.05, 0) is 55.3 Å². The molecule has 4 heterocycles. The van der Waals surface area contributed by atoms with Crippen molar-refractivity contribution in [3.63, 3.8) is 0 Å². The highest BCUT2D eigenvalue weighted by Crippen LogP contribution is 2.29. The van der Waals surface area contributed by atoms with Gasteiger partial charge in [0, 0.05) is 36.3 Å². The SMILES string of the molecule is COc1ccc(-c2cc(C(=O)N3CCC(n4c(=O)[nH]c5ccccc54)CC3)n3nc(-c4ccccc4)cc3n2)cc1. The molecule has 0 unspecified atom stereocenters. The zero-order chi connectivity index (χ0) is 27.9. The average molecular weight is 545 g/mol. The number of piperidine rings is 1. The van der Waals surface area contributed by atoms with Gasteiger partial charge in [-0.15, -0.1) is 0 Å². The maximum Gasteiger partial charge on any atom is 0.326 e. The second kappa shape index (κ2) is 10.1. The normalized spacial score (nSPS) is 14.1. The van der Waals surface area contributed by atoms with Gasteiger partial charge in [-0.2, -0.15) is 5.10 Å². The number of methoxy groups -OCH3 is 1. The Balaban J connectivity index is 1.23. The predicted octanol–water partition coefficient (Wildman–Crippen LogP) is 5.19. The lowest BCUT2D eigenvalue weighted by Gasteiger charge is -2.32. The topological polar surface area (TPSA) is 97.5 Å². The molecule has 3 aromatic heterocycles. The van der Waals surface area contributed by atoms with Crippen molar-refractivity contribution in [1.82, 2.24) is 29.0 Å². The van der Waals surface area contributed by atoms with Crippen molar-refractivity contribution in [2.24, 2.45) is 0 Å². The van der Waals surface area contributed by atoms with E-state index in [0.29, 0.717) is 43.0 Å². The third-order valence-corrected chi connectivity index (χ3v) is 7.84. The smallest absolute Gasteiger partial charge is 0.326 e. The molecule has 0 spiro atoms. The van der Waals surface area contributed by atoms with E-state index in [1.165, 1.54) is 0 Å². The van der Waals surface area contributed by atoms with Gasteiger partial charge in [-0.25, -0.2) is 14.3 Å². The van der Waals surface area contributed by atoms with E-state index in [9.17, 15) is 9.59 Å². The molecular weight excluding hydrogens is 516 g/mol. The molecule has 0 atom stereocenters. The second-order valence-electron chi connectivity index (χ2n) is 10.3. The van der Waals surface area contributed by atoms with Crippen LogP contribution in [0, 0.1) is 0 Å². The first kappa shape index (κ1) is 24.8. The van der Waals surface area contributed by atoms with Crippen LogP contribution in [-0.4, -0.2) is 55.2 Å². The minimum atomic E-state index is -0.111. The van der Waals surface area contributed by atoms with Crippen LogP contribution < -0.4 is 10.4 Å². The van der Waals surface area contributed by atoms with Crippen LogP contribution in [0.25, 0.3) is 39.2 Å². The first-order valence-electron chi connectivity index (χ1n) is 13.7. The molecular formula is C32H28N6O3. The quantitative estimate of drug-likeness (QED) is 0.322. The number of nitrogens with zero attached hydrogens (tertiary/aromatic N) is 5. The number of para-hydroxylation sites is 2. The number of benzene rings is 3. The predicted molar refractivity (Wildman–Crippen MR) is 157 cm³/mol. The molecule has 1 fully saturated rings. The number of hydrogen-bond donors (Lipinski definition) is 1. The lowest BCUT2D eigenvalue weighted by atomic mass is 10.0. The first-order chi connectivity index (χ1) is 20.1. The number of ether oxygens (including phenoxy) is 1. The summed E-state index contributed by atoms with van der Waals surface area (Å²) >= 11 is 0. The molecule has 6 aromatic rings. The lowest BCUT2D eigenvalue weighted by molar-refractivity contribution is 0.0686. The molecule has 7 rings (SSSR count). The number of amides is 1. The van der Waals surface area contributed by atoms with Crippen LogP contribution in [0.3, 0.4) is 0 Å². The number of hydrogen-bond acceptors (Lipinski definition) is 5. The van der Waals surface area contributed by atoms with E-state index in [0.717, 1.165) is 33.6 Å². The van der Waals surface area contributed by atoms with Gasteiger partial charge in [0.15, 0.2) is 5.65 Å². The summed E-state index contributed by atoms with van der Waals surface area (Å²) in [6.07, 6.45) is 1.36. The zero-order valence-corrected chi connectivity index (χ0v) is 22.5. The fourth-order valence-corrected chi connectivity index (χ4v) is 5.71. The van der Waals surface area contributed by atoms with E-state index in [1.54, 1.807) is 11.6 Å². The summed E-state index contributed by atoms with van der Waals surface area (Å²) in [4.78, 5) is 36.5. The van der Waals surface area contributed by atoms with Gasteiger partial charge in [0.2, 0.25) is 0 Å². The van der Waals surface area contributed by atoms with Crippen molar-refractivity contribution in [1.29, 1.82) is 0 Å². The summed E-state index contributed by atoms with van der Waals surface area (Å²) in [6.45, 7) is 1.06. The summed E-state index contributed by atoms with van der Waals surface area (Å²) < 4.78 is 8.80. The molecule has 3 aromatic carbocycles. The summed E-state index contributed by atoms with van der Waals surface area (Å²) in [5.41, 5.74) is 5.92. The lowest BCUT2D eigenvalue weighted by Crippen LogP contribution is -2.41. The average Bonchev–Trinajstić information content (AvgIpc) is 3.61. The van der Waals surface area contributed by atoms with Crippen molar-refractivity contribution in [3.8, 4) is 28.3 Å². The van der Waals surface area contributed by atoms with Gasteiger partial charge in [-0.1, -0.05) is 42.5 Å². The van der Waals surface area contributed by atoms with Gasteiger partial charge in [0.25, 0.3) is 5.91 Å². The zero-order valence-electron chi connectivity index (χ0n) is 22.5. The third kappa shape index (κ3) is 4.45. The summed E-state index contributed by atoms with van der Waals surface area (Å²) in [5.74, 6) is 0.638. The standard InChI is InChI=1S/C32H28N6O3/c1-41-24-13-11-22(12-14-24)26-19-29(38-30(33-26)20-27(35-38)21-7-3-2-4-8-21)31(39)36-17-15-23(16-18-36)37-28-10-6-5-9-25(28)34-32(37)40/h2-14,19-20,23H,15-18H2,1H3,(H,34,40). The maximum atomic E-state index is 14.1. The largest absolute Gasteiger partial charge is 0.497 e. The number of nitrogens with one attached hydrogen (secondary N) is 1. The fraction of sp³-hybridized carbons (Fsp3) is 0.188. The Morgan fingerprint density at radius 1 is 0.878 bits per heavy atom. The molecule has 0 aliphatic carbocycles. The van der Waals surface area contributed by atoms with Crippen molar-refractivity contribution < 1.29 is 9.53 Å². The highest BCUT2D eigenvalue weighted by Gasteiger charge is 2.28. The number of likely N-dealkylation sites (tertiary alicyclic amines) is 1. The van der Waals surface area contributed by atoms with Crippen LogP contribution in [0.5, 0.6) is 5.75 Å². The Labute approximate surface area is 235 Å². The Kier molecular flexibility index (Phi) is 6.11. The molecule has 1 aliphatic heterocycles. The first-order valence-corrected chi connectivity index (χ1v) is 13.7. The summed E-state index contributed by atoms with van der Waals surface area (Å²) in [6, 6.07) is 29.0. The number of carbonyl (C=O) groups is 1. The Morgan fingerprint density at radius 2 is 1.59 bits per heavy atom. The van der Waals surface area contributed by atoms with Crippen molar-refractivity contribution in [2.75, 3.05) is 20.2 Å². The van der Waals surface area contributed by atoms with Crippen LogP contribution in [0.15, 0.2) is 95.8 Å². The van der Waals surface area contributed by atoms with Crippen molar-refractivity contribution >= 4 is 22.6 Å². The molecule has 1 saturated heterocycles. The Morgan fingerprint density at radius 3 is 2.34 bits per heavy atom. The van der Waals surface area contributed by atoms with Gasteiger partial charge in [0.1, 0.15) is 11.4 Å². The number of aromatic amines is 1. The van der Waals surface area contributed by atoms with Gasteiger partial charge >= 0.3 is 5.69 Å². The van der Waals surface area contributed by atoms with E-state index in [4.69, 9.17) is 14.8 Å². The molecule has 9 nitrogen and oxygen atoms in total. The number of carbonyl (C=O) groups excluding carboxylic acids is 1. The van der Waals surface area contributed by atoms with E-state index < -0.39 is 0 Å². The number of aromatic nitrogens is 5. The number of rotatable bonds is 5. The molecule has 1 N–H and O–H groups in total. The van der Waals surface area contributed by atoms with Gasteiger partial charge < -0.3 is 14.6 Å². The van der Waals surface area contributed by atoms with E-state index in [2.05, 4.69) is 4.98 Å².